The van der Waals surface area contributed by atoms with E-state index in [1.165, 1.54) is 44.9 Å². The molecule has 0 radical (unpaired) electrons. The predicted octanol–water partition coefficient (Wildman–Crippen LogP) is 3.46. The van der Waals surface area contributed by atoms with Crippen LogP contribution in [-0.4, -0.2) is 18.2 Å². The first-order valence-electron chi connectivity index (χ1n) is 5.78. The zero-order chi connectivity index (χ0) is 15.1. The molecule has 6 nitrogen and oxygen atoms in total. The van der Waals surface area contributed by atoms with Gasteiger partial charge in [-0.2, -0.15) is 0 Å². The monoisotopic (exact) mass is 257 g/mol. The first-order valence-corrected chi connectivity index (χ1v) is 5.78. The second-order valence-corrected chi connectivity index (χ2v) is 3.07. The topological polar surface area (TPSA) is 123 Å². The molecule has 6 heteroatoms. The average Bonchev–Trinajstić information content (AvgIpc) is 2.32. The van der Waals surface area contributed by atoms with Crippen LogP contribution in [-0.2, 0) is 14.4 Å². The third kappa shape index (κ3) is 142. The minimum atomic E-state index is 0.750. The van der Waals surface area contributed by atoms with E-state index in [1.807, 2.05) is 0 Å². The third-order valence-electron chi connectivity index (χ3n) is 1.71. The molecular formula is C12H23N3O3. The lowest BCUT2D eigenvalue weighted by atomic mass is 10.1. The summed E-state index contributed by atoms with van der Waals surface area (Å²) in [7, 11) is 0. The Bertz CT molecular complexity index is 190. The van der Waals surface area contributed by atoms with Gasteiger partial charge in [0.25, 0.3) is 0 Å². The van der Waals surface area contributed by atoms with E-state index in [9.17, 15) is 0 Å². The number of isocyanates is 3. The highest BCUT2D eigenvalue weighted by Crippen LogP contribution is 2.05. The molecule has 0 aromatic carbocycles. The van der Waals surface area contributed by atoms with Crippen molar-refractivity contribution in [1.82, 2.24) is 0 Å². The van der Waals surface area contributed by atoms with Crippen LogP contribution in [0, 0.1) is 16.2 Å². The van der Waals surface area contributed by atoms with Crippen molar-refractivity contribution < 1.29 is 14.4 Å². The molecule has 0 spiro atoms. The van der Waals surface area contributed by atoms with Crippen LogP contribution in [0.1, 0.15) is 58.8 Å². The molecule has 0 aliphatic carbocycles. The molecule has 0 aliphatic heterocycles. The first-order chi connectivity index (χ1) is 8.66. The third-order valence-corrected chi connectivity index (χ3v) is 1.71. The van der Waals surface area contributed by atoms with E-state index < -0.39 is 0 Å². The van der Waals surface area contributed by atoms with Crippen molar-refractivity contribution in [3.8, 4) is 0 Å². The molecule has 0 fully saturated rings. The smallest absolute Gasteiger partial charge is 0.222 e. The van der Waals surface area contributed by atoms with Gasteiger partial charge in [0.2, 0.25) is 18.2 Å². The van der Waals surface area contributed by atoms with Gasteiger partial charge in [0, 0.05) is 0 Å². The molecule has 0 saturated carbocycles. The molecule has 0 bridgehead atoms. The van der Waals surface area contributed by atoms with E-state index in [2.05, 4.69) is 13.8 Å². The van der Waals surface area contributed by atoms with Gasteiger partial charge in [-0.15, -0.1) is 0 Å². The van der Waals surface area contributed by atoms with Gasteiger partial charge < -0.3 is 0 Å². The molecule has 0 heterocycles. The van der Waals surface area contributed by atoms with Gasteiger partial charge in [0.05, 0.1) is 0 Å². The number of nitrogens with one attached hydrogen (secondary N) is 3. The highest BCUT2D eigenvalue weighted by Gasteiger charge is 1.85. The predicted molar refractivity (Wildman–Crippen MR) is 68.9 cm³/mol. The summed E-state index contributed by atoms with van der Waals surface area (Å²) in [5, 5.41) is 16.2. The Morgan fingerprint density at radius 2 is 0.778 bits per heavy atom. The SMILES string of the molecule is CCCCCCCCC.N=C=O.N=C=O.N=C=O. The van der Waals surface area contributed by atoms with Crippen LogP contribution in [0.25, 0.3) is 0 Å². The number of hydrogen-bond donors (Lipinski definition) is 3. The van der Waals surface area contributed by atoms with Crippen LogP contribution < -0.4 is 0 Å². The molecule has 0 aliphatic rings. The van der Waals surface area contributed by atoms with Crippen LogP contribution in [0.4, 0.5) is 0 Å². The molecule has 0 amide bonds. The Hall–Kier alpha value is -1.86. The Morgan fingerprint density at radius 3 is 0.944 bits per heavy atom. The standard InChI is InChI=1S/C9H20.3CHNO/c1-3-5-7-9-8-6-4-2;3*2-1-3/h3-9H2,1-2H3;3*2H. The van der Waals surface area contributed by atoms with Crippen LogP contribution in [0.3, 0.4) is 0 Å². The fourth-order valence-electron chi connectivity index (χ4n) is 1.03. The van der Waals surface area contributed by atoms with Crippen molar-refractivity contribution in [1.29, 1.82) is 16.2 Å². The van der Waals surface area contributed by atoms with Gasteiger partial charge in [-0.25, -0.2) is 30.6 Å². The van der Waals surface area contributed by atoms with Crippen molar-refractivity contribution in [2.75, 3.05) is 0 Å². The van der Waals surface area contributed by atoms with E-state index in [1.54, 1.807) is 0 Å². The van der Waals surface area contributed by atoms with Crippen LogP contribution in [0.2, 0.25) is 0 Å². The Morgan fingerprint density at radius 1 is 0.611 bits per heavy atom. The van der Waals surface area contributed by atoms with E-state index in [-0.39, 0.29) is 0 Å². The second-order valence-electron chi connectivity index (χ2n) is 3.07. The maximum atomic E-state index is 8.35. The highest BCUT2D eigenvalue weighted by atomic mass is 16.1. The molecule has 104 valence electrons. The zero-order valence-electron chi connectivity index (χ0n) is 11.2. The summed E-state index contributed by atoms with van der Waals surface area (Å²) in [6.45, 7) is 4.53. The van der Waals surface area contributed by atoms with Gasteiger partial charge in [-0.05, 0) is 0 Å². The minimum Gasteiger partial charge on any atom is -0.222 e. The van der Waals surface area contributed by atoms with Crippen LogP contribution >= 0.6 is 0 Å². The Balaban J connectivity index is -0.0000000902. The van der Waals surface area contributed by atoms with Gasteiger partial charge in [0.15, 0.2) is 0 Å². The molecule has 0 aromatic rings. The first kappa shape index (κ1) is 25.1. The maximum absolute atomic E-state index is 8.35. The second kappa shape index (κ2) is 45.7. The lowest BCUT2D eigenvalue weighted by molar-refractivity contribution is 0.562. The van der Waals surface area contributed by atoms with E-state index in [0.29, 0.717) is 0 Å². The molecule has 0 aromatic heterocycles. The molecule has 0 rings (SSSR count). The molecule has 0 unspecified atom stereocenters. The van der Waals surface area contributed by atoms with E-state index >= 15 is 0 Å². The summed E-state index contributed by atoms with van der Waals surface area (Å²) >= 11 is 0. The summed E-state index contributed by atoms with van der Waals surface area (Å²) < 4.78 is 0. The summed E-state index contributed by atoms with van der Waals surface area (Å²) in [5.41, 5.74) is 0. The fourth-order valence-corrected chi connectivity index (χ4v) is 1.03. The number of hydrogen-bond acceptors (Lipinski definition) is 6. The van der Waals surface area contributed by atoms with Crippen molar-refractivity contribution in [2.24, 2.45) is 0 Å². The number of carbonyl (C=O) groups excluding carboxylic acids is 3. The quantitative estimate of drug-likeness (QED) is 0.383. The van der Waals surface area contributed by atoms with Gasteiger partial charge >= 0.3 is 0 Å². The molecule has 0 saturated heterocycles. The molecular weight excluding hydrogens is 234 g/mol. The minimum absolute atomic E-state index is 0.750. The van der Waals surface area contributed by atoms with E-state index in [0.717, 1.165) is 18.2 Å². The van der Waals surface area contributed by atoms with Crippen molar-refractivity contribution in [3.05, 3.63) is 0 Å². The lowest BCUT2D eigenvalue weighted by Gasteiger charge is -1.96. The fraction of sp³-hybridized carbons (Fsp3) is 0.750. The summed E-state index contributed by atoms with van der Waals surface area (Å²) in [5.74, 6) is 0. The summed E-state index contributed by atoms with van der Waals surface area (Å²) in [6, 6.07) is 0. The number of unbranched alkanes of at least 4 members (excludes halogenated alkanes) is 6. The molecule has 18 heavy (non-hydrogen) atoms. The van der Waals surface area contributed by atoms with Crippen molar-refractivity contribution in [2.45, 2.75) is 58.8 Å². The summed E-state index contributed by atoms with van der Waals surface area (Å²) in [4.78, 5) is 25.0. The Kier molecular flexibility index (Phi) is 63.7. The molecule has 0 atom stereocenters. The maximum Gasteiger partial charge on any atom is 0.231 e. The summed E-state index contributed by atoms with van der Waals surface area (Å²) in [6.07, 6.45) is 12.2. The Labute approximate surface area is 108 Å². The zero-order valence-corrected chi connectivity index (χ0v) is 11.2. The van der Waals surface area contributed by atoms with Gasteiger partial charge in [0.1, 0.15) is 0 Å². The normalized spacial score (nSPS) is 6.33. The van der Waals surface area contributed by atoms with Crippen molar-refractivity contribution in [3.63, 3.8) is 0 Å². The lowest BCUT2D eigenvalue weighted by Crippen LogP contribution is -1.76. The molecule has 3 N–H and O–H groups in total. The van der Waals surface area contributed by atoms with Crippen molar-refractivity contribution >= 4 is 18.2 Å². The van der Waals surface area contributed by atoms with E-state index in [4.69, 9.17) is 30.6 Å². The number of rotatable bonds is 6. The van der Waals surface area contributed by atoms with Gasteiger partial charge in [-0.3, -0.25) is 0 Å². The average molecular weight is 257 g/mol. The van der Waals surface area contributed by atoms with Crippen LogP contribution in [0.15, 0.2) is 0 Å². The van der Waals surface area contributed by atoms with Crippen LogP contribution in [0.5, 0.6) is 0 Å². The van der Waals surface area contributed by atoms with Gasteiger partial charge in [-0.1, -0.05) is 58.8 Å². The largest absolute Gasteiger partial charge is 0.231 e. The highest BCUT2D eigenvalue weighted by molar-refractivity contribution is 5.26.